The second-order valence-electron chi connectivity index (χ2n) is 5.89. The maximum absolute atomic E-state index is 12.0. The van der Waals surface area contributed by atoms with Crippen molar-refractivity contribution in [3.8, 4) is 0 Å². The van der Waals surface area contributed by atoms with Gasteiger partial charge in [0.25, 0.3) is 5.56 Å². The van der Waals surface area contributed by atoms with Crippen LogP contribution in [0.1, 0.15) is 18.5 Å². The van der Waals surface area contributed by atoms with Crippen LogP contribution in [0.2, 0.25) is 0 Å². The summed E-state index contributed by atoms with van der Waals surface area (Å²) in [5.74, 6) is 0.647. The van der Waals surface area contributed by atoms with E-state index in [9.17, 15) is 9.59 Å². The Morgan fingerprint density at radius 2 is 2.04 bits per heavy atom. The largest absolute Gasteiger partial charge is 0.352 e. The molecule has 1 fully saturated rings. The first-order valence-electron chi connectivity index (χ1n) is 7.83. The maximum atomic E-state index is 12.0. The Kier molecular flexibility index (Phi) is 4.45. The molecule has 0 aromatic carbocycles. The first-order chi connectivity index (χ1) is 11.1. The number of rotatable bonds is 4. The Morgan fingerprint density at radius 3 is 2.70 bits per heavy atom. The standard InChI is InChI=1S/C16H21N5O2/c1-12-10-14(22)19-16(17-12)21-8-4-13(5-9-21)18-15(23)11-20-6-2-3-7-20/h2-3,6-7,10,13H,4-5,8-9,11H2,1H3,(H,18,23)(H,17,19,22). The molecular weight excluding hydrogens is 294 g/mol. The van der Waals surface area contributed by atoms with Crippen LogP contribution in [0.5, 0.6) is 0 Å². The molecule has 23 heavy (non-hydrogen) atoms. The molecule has 122 valence electrons. The lowest BCUT2D eigenvalue weighted by molar-refractivity contribution is -0.122. The normalized spacial score (nSPS) is 15.6. The van der Waals surface area contributed by atoms with Gasteiger partial charge in [-0.3, -0.25) is 14.6 Å². The summed E-state index contributed by atoms with van der Waals surface area (Å²) in [6.45, 7) is 3.69. The van der Waals surface area contributed by atoms with Crippen LogP contribution < -0.4 is 15.8 Å². The molecule has 2 aromatic rings. The zero-order chi connectivity index (χ0) is 16.2. The van der Waals surface area contributed by atoms with Gasteiger partial charge in [0, 0.05) is 43.3 Å². The van der Waals surface area contributed by atoms with Crippen molar-refractivity contribution in [3.05, 3.63) is 46.6 Å². The summed E-state index contributed by atoms with van der Waals surface area (Å²) in [6.07, 6.45) is 5.44. The molecule has 1 amide bonds. The zero-order valence-electron chi connectivity index (χ0n) is 13.2. The minimum absolute atomic E-state index is 0.0294. The van der Waals surface area contributed by atoms with Gasteiger partial charge in [0.2, 0.25) is 11.9 Å². The van der Waals surface area contributed by atoms with Crippen molar-refractivity contribution in [2.75, 3.05) is 18.0 Å². The van der Waals surface area contributed by atoms with Gasteiger partial charge < -0.3 is 14.8 Å². The fourth-order valence-electron chi connectivity index (χ4n) is 2.86. The fraction of sp³-hybridized carbons (Fsp3) is 0.438. The summed E-state index contributed by atoms with van der Waals surface area (Å²) < 4.78 is 1.85. The van der Waals surface area contributed by atoms with Crippen molar-refractivity contribution in [1.29, 1.82) is 0 Å². The number of hydrogen-bond donors (Lipinski definition) is 2. The summed E-state index contributed by atoms with van der Waals surface area (Å²) in [5.41, 5.74) is 0.584. The predicted molar refractivity (Wildman–Crippen MR) is 87.4 cm³/mol. The Bertz CT molecular complexity index is 714. The highest BCUT2D eigenvalue weighted by Gasteiger charge is 2.22. The van der Waals surface area contributed by atoms with Gasteiger partial charge in [-0.05, 0) is 31.9 Å². The molecule has 2 aromatic heterocycles. The van der Waals surface area contributed by atoms with Crippen molar-refractivity contribution in [3.63, 3.8) is 0 Å². The summed E-state index contributed by atoms with van der Waals surface area (Å²) in [7, 11) is 0. The number of nitrogens with zero attached hydrogens (tertiary/aromatic N) is 3. The highest BCUT2D eigenvalue weighted by molar-refractivity contribution is 5.76. The van der Waals surface area contributed by atoms with E-state index in [1.807, 2.05) is 36.0 Å². The number of aryl methyl sites for hydroxylation is 1. The van der Waals surface area contributed by atoms with Crippen molar-refractivity contribution in [2.24, 2.45) is 0 Å². The van der Waals surface area contributed by atoms with Crippen LogP contribution >= 0.6 is 0 Å². The van der Waals surface area contributed by atoms with E-state index < -0.39 is 0 Å². The molecule has 3 heterocycles. The summed E-state index contributed by atoms with van der Waals surface area (Å²) >= 11 is 0. The number of aromatic amines is 1. The van der Waals surface area contributed by atoms with Crippen molar-refractivity contribution >= 4 is 11.9 Å². The average Bonchev–Trinajstić information content (AvgIpc) is 2.99. The molecule has 0 radical (unpaired) electrons. The second-order valence-corrected chi connectivity index (χ2v) is 5.89. The molecule has 1 aliphatic rings. The van der Waals surface area contributed by atoms with Gasteiger partial charge >= 0.3 is 0 Å². The van der Waals surface area contributed by atoms with Gasteiger partial charge in [0.1, 0.15) is 6.54 Å². The van der Waals surface area contributed by atoms with Crippen molar-refractivity contribution < 1.29 is 4.79 Å². The molecule has 3 rings (SSSR count). The quantitative estimate of drug-likeness (QED) is 0.868. The number of anilines is 1. The Morgan fingerprint density at radius 1 is 1.35 bits per heavy atom. The first kappa shape index (κ1) is 15.3. The predicted octanol–water partition coefficient (Wildman–Crippen LogP) is 0.665. The van der Waals surface area contributed by atoms with E-state index in [0.29, 0.717) is 18.2 Å². The summed E-state index contributed by atoms with van der Waals surface area (Å²) in [6, 6.07) is 5.46. The average molecular weight is 315 g/mol. The third kappa shape index (κ3) is 4.00. The zero-order valence-corrected chi connectivity index (χ0v) is 13.2. The lowest BCUT2D eigenvalue weighted by Crippen LogP contribution is -2.46. The molecule has 0 unspecified atom stereocenters. The fourth-order valence-corrected chi connectivity index (χ4v) is 2.86. The Balaban J connectivity index is 1.52. The van der Waals surface area contributed by atoms with E-state index in [1.54, 1.807) is 0 Å². The van der Waals surface area contributed by atoms with E-state index >= 15 is 0 Å². The molecule has 1 saturated heterocycles. The number of aromatic nitrogens is 3. The highest BCUT2D eigenvalue weighted by atomic mass is 16.2. The monoisotopic (exact) mass is 315 g/mol. The topological polar surface area (TPSA) is 83.0 Å². The van der Waals surface area contributed by atoms with E-state index in [-0.39, 0.29) is 17.5 Å². The van der Waals surface area contributed by atoms with Crippen LogP contribution in [0.3, 0.4) is 0 Å². The number of nitrogens with one attached hydrogen (secondary N) is 2. The molecule has 7 heteroatoms. The van der Waals surface area contributed by atoms with Gasteiger partial charge in [-0.2, -0.15) is 0 Å². The lowest BCUT2D eigenvalue weighted by Gasteiger charge is -2.32. The van der Waals surface area contributed by atoms with E-state index in [0.717, 1.165) is 25.9 Å². The third-order valence-electron chi connectivity index (χ3n) is 4.01. The SMILES string of the molecule is Cc1cc(=O)[nH]c(N2CCC(NC(=O)Cn3cccc3)CC2)n1. The third-order valence-corrected chi connectivity index (χ3v) is 4.01. The smallest absolute Gasteiger partial charge is 0.252 e. The number of carbonyl (C=O) groups excluding carboxylic acids is 1. The van der Waals surface area contributed by atoms with Crippen LogP contribution in [0.15, 0.2) is 35.4 Å². The molecule has 2 N–H and O–H groups in total. The van der Waals surface area contributed by atoms with Crippen molar-refractivity contribution in [1.82, 2.24) is 19.9 Å². The highest BCUT2D eigenvalue weighted by Crippen LogP contribution is 2.15. The minimum atomic E-state index is -0.130. The van der Waals surface area contributed by atoms with Crippen LogP contribution in [-0.2, 0) is 11.3 Å². The summed E-state index contributed by atoms with van der Waals surface area (Å²) in [4.78, 5) is 32.8. The number of amides is 1. The van der Waals surface area contributed by atoms with Gasteiger partial charge in [-0.25, -0.2) is 4.98 Å². The van der Waals surface area contributed by atoms with Crippen molar-refractivity contribution in [2.45, 2.75) is 32.4 Å². The van der Waals surface area contributed by atoms with Gasteiger partial charge in [-0.1, -0.05) is 0 Å². The van der Waals surface area contributed by atoms with Gasteiger partial charge in [0.05, 0.1) is 0 Å². The molecule has 0 saturated carbocycles. The number of hydrogen-bond acceptors (Lipinski definition) is 4. The lowest BCUT2D eigenvalue weighted by atomic mass is 10.1. The van der Waals surface area contributed by atoms with Crippen LogP contribution in [0, 0.1) is 6.92 Å². The maximum Gasteiger partial charge on any atom is 0.252 e. The van der Waals surface area contributed by atoms with Crippen LogP contribution in [0.25, 0.3) is 0 Å². The molecule has 0 aliphatic carbocycles. The molecule has 1 aliphatic heterocycles. The number of H-pyrrole nitrogens is 1. The molecule has 7 nitrogen and oxygen atoms in total. The number of carbonyl (C=O) groups is 1. The van der Waals surface area contributed by atoms with E-state index in [2.05, 4.69) is 20.2 Å². The molecular formula is C16H21N5O2. The number of piperidine rings is 1. The molecule has 0 bridgehead atoms. The van der Waals surface area contributed by atoms with Crippen LogP contribution in [-0.4, -0.2) is 39.6 Å². The van der Waals surface area contributed by atoms with Gasteiger partial charge in [0.15, 0.2) is 0 Å². The van der Waals surface area contributed by atoms with Crippen LogP contribution in [0.4, 0.5) is 5.95 Å². The Hall–Kier alpha value is -2.57. The van der Waals surface area contributed by atoms with E-state index in [4.69, 9.17) is 0 Å². The summed E-state index contributed by atoms with van der Waals surface area (Å²) in [5, 5.41) is 3.07. The second kappa shape index (κ2) is 6.68. The molecule has 0 atom stereocenters. The molecule has 0 spiro atoms. The van der Waals surface area contributed by atoms with Gasteiger partial charge in [-0.15, -0.1) is 0 Å². The minimum Gasteiger partial charge on any atom is -0.352 e. The van der Waals surface area contributed by atoms with E-state index in [1.165, 1.54) is 6.07 Å². The first-order valence-corrected chi connectivity index (χ1v) is 7.83. The Labute approximate surface area is 134 Å².